The van der Waals surface area contributed by atoms with Crippen molar-refractivity contribution in [3.05, 3.63) is 41.2 Å². The van der Waals surface area contributed by atoms with Crippen LogP contribution in [0.3, 0.4) is 0 Å². The van der Waals surface area contributed by atoms with Gasteiger partial charge in [0, 0.05) is 24.2 Å². The van der Waals surface area contributed by atoms with Gasteiger partial charge in [0.25, 0.3) is 0 Å². The van der Waals surface area contributed by atoms with E-state index in [1.807, 2.05) is 6.08 Å². The molecule has 4 aliphatic carbocycles. The van der Waals surface area contributed by atoms with E-state index in [-0.39, 0.29) is 17.1 Å². The molecule has 0 saturated heterocycles. The smallest absolute Gasteiger partial charge is 0.156 e. The zero-order chi connectivity index (χ0) is 16.2. The van der Waals surface area contributed by atoms with Gasteiger partial charge in [0.15, 0.2) is 5.78 Å². The summed E-state index contributed by atoms with van der Waals surface area (Å²) in [4.78, 5) is 24.3. The average molecular weight is 308 g/mol. The summed E-state index contributed by atoms with van der Waals surface area (Å²) in [5.74, 6) is 2.00. The Morgan fingerprint density at radius 2 is 2.04 bits per heavy atom. The zero-order valence-corrected chi connectivity index (χ0v) is 13.9. The number of hydrogen-bond acceptors (Lipinski definition) is 2. The quantitative estimate of drug-likeness (QED) is 0.676. The van der Waals surface area contributed by atoms with Crippen LogP contribution in [-0.2, 0) is 9.59 Å². The second-order valence-electron chi connectivity index (χ2n) is 7.88. The maximum atomic E-state index is 12.6. The van der Waals surface area contributed by atoms with E-state index < -0.39 is 0 Å². The van der Waals surface area contributed by atoms with E-state index in [2.05, 4.69) is 25.3 Å². The van der Waals surface area contributed by atoms with Gasteiger partial charge in [-0.2, -0.15) is 0 Å². The van der Waals surface area contributed by atoms with Crippen molar-refractivity contribution in [1.82, 2.24) is 0 Å². The van der Waals surface area contributed by atoms with Gasteiger partial charge in [-0.3, -0.25) is 9.59 Å². The van der Waals surface area contributed by atoms with Crippen molar-refractivity contribution in [1.29, 1.82) is 0 Å². The van der Waals surface area contributed by atoms with Gasteiger partial charge >= 0.3 is 0 Å². The molecular weight excluding hydrogens is 284 g/mol. The molecule has 0 aromatic heterocycles. The summed E-state index contributed by atoms with van der Waals surface area (Å²) in [5, 5.41) is 0. The highest BCUT2D eigenvalue weighted by molar-refractivity contribution is 5.93. The molecule has 2 heteroatoms. The van der Waals surface area contributed by atoms with Crippen LogP contribution in [-0.4, -0.2) is 11.6 Å². The minimum atomic E-state index is -0.168. The second kappa shape index (κ2) is 5.18. The summed E-state index contributed by atoms with van der Waals surface area (Å²) in [6.45, 7) is 5.97. The molecule has 4 unspecified atom stereocenters. The Kier molecular flexibility index (Phi) is 3.35. The van der Waals surface area contributed by atoms with E-state index >= 15 is 0 Å². The van der Waals surface area contributed by atoms with E-state index in [0.29, 0.717) is 24.0 Å². The Labute approximate surface area is 138 Å². The number of rotatable bonds is 1. The molecule has 4 rings (SSSR count). The predicted molar refractivity (Wildman–Crippen MR) is 89.7 cm³/mol. The standard InChI is InChI=1S/C21H24O2/c1-3-4-14-12-21(2)18(9-10-19(21)23)17-7-5-13-11-15(22)6-8-16(13)20(14)17/h4,11,14,17-18H,1,5-10,12H2,2H3. The highest BCUT2D eigenvalue weighted by Gasteiger charge is 2.55. The molecule has 0 heterocycles. The molecule has 0 radical (unpaired) electrons. The first-order valence-corrected chi connectivity index (χ1v) is 8.90. The largest absolute Gasteiger partial charge is 0.299 e. The predicted octanol–water partition coefficient (Wildman–Crippen LogP) is 4.33. The Morgan fingerprint density at radius 3 is 2.83 bits per heavy atom. The normalized spacial score (nSPS) is 39.2. The lowest BCUT2D eigenvalue weighted by molar-refractivity contribution is -0.128. The van der Waals surface area contributed by atoms with E-state index in [0.717, 1.165) is 38.5 Å². The first kappa shape index (κ1) is 14.9. The van der Waals surface area contributed by atoms with Crippen LogP contribution in [0.15, 0.2) is 41.2 Å². The molecule has 2 nitrogen and oxygen atoms in total. The van der Waals surface area contributed by atoms with Gasteiger partial charge in [0.2, 0.25) is 0 Å². The molecule has 120 valence electrons. The van der Waals surface area contributed by atoms with Gasteiger partial charge in [-0.25, -0.2) is 0 Å². The number of ketones is 2. The first-order valence-electron chi connectivity index (χ1n) is 8.90. The third-order valence-corrected chi connectivity index (χ3v) is 6.80. The maximum absolute atomic E-state index is 12.6. The van der Waals surface area contributed by atoms with Crippen molar-refractivity contribution >= 4 is 11.6 Å². The van der Waals surface area contributed by atoms with Gasteiger partial charge in [0.1, 0.15) is 5.78 Å². The summed E-state index contributed by atoms with van der Waals surface area (Å²) in [6, 6.07) is 0. The second-order valence-corrected chi connectivity index (χ2v) is 7.88. The minimum Gasteiger partial charge on any atom is -0.299 e. The van der Waals surface area contributed by atoms with E-state index in [4.69, 9.17) is 0 Å². The first-order chi connectivity index (χ1) is 11.0. The van der Waals surface area contributed by atoms with Crippen molar-refractivity contribution in [2.75, 3.05) is 0 Å². The maximum Gasteiger partial charge on any atom is 0.156 e. The Morgan fingerprint density at radius 1 is 1.22 bits per heavy atom. The summed E-state index contributed by atoms with van der Waals surface area (Å²) < 4.78 is 0. The molecule has 2 fully saturated rings. The fourth-order valence-electron chi connectivity index (χ4n) is 5.79. The number of hydrogen-bond donors (Lipinski definition) is 0. The fourth-order valence-corrected chi connectivity index (χ4v) is 5.79. The van der Waals surface area contributed by atoms with Crippen LogP contribution in [0.4, 0.5) is 0 Å². The van der Waals surface area contributed by atoms with Crippen LogP contribution in [0.1, 0.15) is 51.9 Å². The Hall–Kier alpha value is -1.66. The topological polar surface area (TPSA) is 34.1 Å². The number of carbonyl (C=O) groups excluding carboxylic acids is 2. The highest BCUT2D eigenvalue weighted by atomic mass is 16.1. The summed E-state index contributed by atoms with van der Waals surface area (Å²) in [7, 11) is 0. The number of fused-ring (bicyclic) bond motifs is 4. The molecule has 4 aliphatic rings. The molecular formula is C21H24O2. The van der Waals surface area contributed by atoms with Crippen molar-refractivity contribution < 1.29 is 9.59 Å². The van der Waals surface area contributed by atoms with E-state index in [9.17, 15) is 9.59 Å². The number of allylic oxidation sites excluding steroid dienone is 5. The lowest BCUT2D eigenvalue weighted by Crippen LogP contribution is -2.43. The molecule has 0 bridgehead atoms. The number of carbonyl (C=O) groups is 2. The summed E-state index contributed by atoms with van der Waals surface area (Å²) >= 11 is 0. The molecule has 23 heavy (non-hydrogen) atoms. The molecule has 0 spiro atoms. The molecule has 0 aliphatic heterocycles. The van der Waals surface area contributed by atoms with Crippen LogP contribution in [0.2, 0.25) is 0 Å². The Bertz CT molecular complexity index is 701. The average Bonchev–Trinajstić information content (AvgIpc) is 2.82. The van der Waals surface area contributed by atoms with Crippen LogP contribution in [0.5, 0.6) is 0 Å². The van der Waals surface area contributed by atoms with Crippen molar-refractivity contribution in [3.63, 3.8) is 0 Å². The van der Waals surface area contributed by atoms with E-state index in [1.165, 1.54) is 16.7 Å². The Balaban J connectivity index is 1.86. The molecule has 4 atom stereocenters. The van der Waals surface area contributed by atoms with Crippen molar-refractivity contribution in [2.45, 2.75) is 51.9 Å². The van der Waals surface area contributed by atoms with Gasteiger partial charge in [-0.1, -0.05) is 19.1 Å². The molecule has 0 N–H and O–H groups in total. The van der Waals surface area contributed by atoms with Crippen LogP contribution < -0.4 is 0 Å². The van der Waals surface area contributed by atoms with Crippen LogP contribution in [0, 0.1) is 23.2 Å². The lowest BCUT2D eigenvalue weighted by atomic mass is 9.54. The third-order valence-electron chi connectivity index (χ3n) is 6.80. The van der Waals surface area contributed by atoms with Crippen LogP contribution in [0.25, 0.3) is 0 Å². The highest BCUT2D eigenvalue weighted by Crippen LogP contribution is 2.60. The molecule has 0 aromatic carbocycles. The minimum absolute atomic E-state index is 0.168. The SMILES string of the molecule is C=C=CC1CC2(C)C(=O)CCC2C2CCC3=CC(=O)CCC3=C12. The summed E-state index contributed by atoms with van der Waals surface area (Å²) in [5.41, 5.74) is 7.02. The lowest BCUT2D eigenvalue weighted by Gasteiger charge is -2.49. The van der Waals surface area contributed by atoms with Gasteiger partial charge in [0.05, 0.1) is 0 Å². The zero-order valence-electron chi connectivity index (χ0n) is 13.9. The number of Topliss-reactive ketones (excluding diaryl/α,β-unsaturated/α-hetero) is 1. The molecule has 0 amide bonds. The van der Waals surface area contributed by atoms with Gasteiger partial charge in [-0.15, -0.1) is 5.73 Å². The fraction of sp³-hybridized carbons (Fsp3) is 0.571. The van der Waals surface area contributed by atoms with Crippen molar-refractivity contribution in [3.8, 4) is 0 Å². The molecule has 2 saturated carbocycles. The van der Waals surface area contributed by atoms with Crippen molar-refractivity contribution in [2.24, 2.45) is 23.2 Å². The van der Waals surface area contributed by atoms with Gasteiger partial charge < -0.3 is 0 Å². The van der Waals surface area contributed by atoms with Gasteiger partial charge in [-0.05, 0) is 67.2 Å². The molecule has 0 aromatic rings. The van der Waals surface area contributed by atoms with Crippen LogP contribution >= 0.6 is 0 Å². The van der Waals surface area contributed by atoms with E-state index in [1.54, 1.807) is 0 Å². The third kappa shape index (κ3) is 2.08. The summed E-state index contributed by atoms with van der Waals surface area (Å²) in [6.07, 6.45) is 10.2. The monoisotopic (exact) mass is 308 g/mol.